The number of ether oxygens (including phenoxy) is 2. The molecule has 1 aliphatic rings. The number of carbonyl (C=O) groups is 3. The van der Waals surface area contributed by atoms with Crippen LogP contribution in [0, 0.1) is 12.8 Å². The van der Waals surface area contributed by atoms with Crippen molar-refractivity contribution < 1.29 is 23.9 Å². The Labute approximate surface area is 147 Å². The molecule has 1 fully saturated rings. The van der Waals surface area contributed by atoms with Gasteiger partial charge in [-0.25, -0.2) is 14.8 Å². The number of aryl methyl sites for hydroxylation is 1. The van der Waals surface area contributed by atoms with Crippen molar-refractivity contribution in [3.05, 3.63) is 23.3 Å². The van der Waals surface area contributed by atoms with Crippen LogP contribution in [0.15, 0.2) is 6.20 Å². The molecule has 0 bridgehead atoms. The number of hydrogen-bond donors (Lipinski definition) is 0. The molecular weight excluding hydrogens is 324 g/mol. The zero-order chi connectivity index (χ0) is 18.4. The highest BCUT2D eigenvalue weighted by Crippen LogP contribution is 2.35. The van der Waals surface area contributed by atoms with Crippen LogP contribution in [-0.2, 0) is 19.1 Å². The topological polar surface area (TPSA) is 95.5 Å². The summed E-state index contributed by atoms with van der Waals surface area (Å²) in [5.74, 6) is -0.394. The van der Waals surface area contributed by atoms with Crippen LogP contribution >= 0.6 is 0 Å². The number of ketones is 1. The maximum absolute atomic E-state index is 12.1. The Morgan fingerprint density at radius 1 is 1.20 bits per heavy atom. The van der Waals surface area contributed by atoms with Gasteiger partial charge in [0.2, 0.25) is 0 Å². The van der Waals surface area contributed by atoms with Crippen LogP contribution in [0.4, 0.5) is 0 Å². The quantitative estimate of drug-likeness (QED) is 0.575. The van der Waals surface area contributed by atoms with Crippen LogP contribution in [0.1, 0.15) is 66.8 Å². The van der Waals surface area contributed by atoms with Crippen LogP contribution in [-0.4, -0.2) is 41.4 Å². The fraction of sp³-hybridized carbons (Fsp3) is 0.611. The van der Waals surface area contributed by atoms with E-state index in [4.69, 9.17) is 4.74 Å². The first-order valence-electron chi connectivity index (χ1n) is 8.56. The molecule has 0 spiro atoms. The Bertz CT molecular complexity index is 651. The van der Waals surface area contributed by atoms with Crippen molar-refractivity contribution >= 4 is 17.7 Å². The third-order valence-electron chi connectivity index (χ3n) is 4.55. The van der Waals surface area contributed by atoms with Gasteiger partial charge in [0, 0.05) is 23.6 Å². The van der Waals surface area contributed by atoms with Gasteiger partial charge in [-0.15, -0.1) is 0 Å². The lowest BCUT2D eigenvalue weighted by Gasteiger charge is -2.26. The summed E-state index contributed by atoms with van der Waals surface area (Å²) in [6, 6.07) is 0. The lowest BCUT2D eigenvalue weighted by atomic mass is 9.79. The smallest absolute Gasteiger partial charge is 0.357 e. The number of nitrogens with zero attached hydrogens (tertiary/aromatic N) is 2. The first-order chi connectivity index (χ1) is 12.0. The molecule has 1 aromatic heterocycles. The minimum atomic E-state index is -0.493. The van der Waals surface area contributed by atoms with Crippen molar-refractivity contribution in [2.75, 3.05) is 13.7 Å². The molecule has 2 rings (SSSR count). The number of esters is 2. The summed E-state index contributed by atoms with van der Waals surface area (Å²) in [7, 11) is 1.28. The third-order valence-corrected chi connectivity index (χ3v) is 4.55. The Balaban J connectivity index is 2.01. The molecule has 1 aromatic rings. The first kappa shape index (κ1) is 19.0. The van der Waals surface area contributed by atoms with E-state index in [0.717, 1.165) is 12.8 Å². The highest BCUT2D eigenvalue weighted by Gasteiger charge is 2.30. The van der Waals surface area contributed by atoms with Gasteiger partial charge in [0.15, 0.2) is 5.69 Å². The number of hydrogen-bond acceptors (Lipinski definition) is 7. The summed E-state index contributed by atoms with van der Waals surface area (Å²) >= 11 is 0. The number of rotatable bonds is 6. The maximum Gasteiger partial charge on any atom is 0.357 e. The molecule has 7 heteroatoms. The van der Waals surface area contributed by atoms with Crippen molar-refractivity contribution in [2.45, 2.75) is 51.9 Å². The number of aromatic nitrogens is 2. The predicted molar refractivity (Wildman–Crippen MR) is 89.1 cm³/mol. The van der Waals surface area contributed by atoms with E-state index >= 15 is 0 Å². The monoisotopic (exact) mass is 348 g/mol. The average Bonchev–Trinajstić information content (AvgIpc) is 2.62. The Morgan fingerprint density at radius 3 is 2.48 bits per heavy atom. The van der Waals surface area contributed by atoms with Gasteiger partial charge in [0.1, 0.15) is 18.0 Å². The van der Waals surface area contributed by atoms with Gasteiger partial charge in [0.05, 0.1) is 13.7 Å². The van der Waals surface area contributed by atoms with E-state index in [1.165, 1.54) is 7.11 Å². The largest absolute Gasteiger partial charge is 0.469 e. The zero-order valence-corrected chi connectivity index (χ0v) is 14.9. The van der Waals surface area contributed by atoms with E-state index in [1.807, 2.05) is 0 Å². The van der Waals surface area contributed by atoms with E-state index in [1.54, 1.807) is 20.0 Å². The second kappa shape index (κ2) is 8.69. The summed E-state index contributed by atoms with van der Waals surface area (Å²) in [6.45, 7) is 3.82. The molecule has 0 unspecified atom stereocenters. The molecule has 25 heavy (non-hydrogen) atoms. The van der Waals surface area contributed by atoms with Gasteiger partial charge in [-0.2, -0.15) is 0 Å². The van der Waals surface area contributed by atoms with E-state index in [2.05, 4.69) is 14.7 Å². The molecular formula is C18H24N2O5. The second-order valence-electron chi connectivity index (χ2n) is 6.25. The SMILES string of the molecule is CCOC(=O)c1nc(C2CCC(C(=O)CC(=O)OC)CC2)ncc1C. The standard InChI is InChI=1S/C18H24N2O5/c1-4-25-18(23)16-11(2)10-19-17(20-16)13-7-5-12(6-8-13)14(21)9-15(22)24-3/h10,12-13H,4-9H2,1-3H3. The molecule has 1 aliphatic carbocycles. The highest BCUT2D eigenvalue weighted by atomic mass is 16.5. The second-order valence-corrected chi connectivity index (χ2v) is 6.25. The van der Waals surface area contributed by atoms with E-state index < -0.39 is 11.9 Å². The third kappa shape index (κ3) is 4.84. The summed E-state index contributed by atoms with van der Waals surface area (Å²) in [6.07, 6.45) is 4.35. The van der Waals surface area contributed by atoms with Crippen molar-refractivity contribution in [3.63, 3.8) is 0 Å². The van der Waals surface area contributed by atoms with Crippen LogP contribution in [0.2, 0.25) is 0 Å². The highest BCUT2D eigenvalue weighted by molar-refractivity contribution is 5.96. The Kier molecular flexibility index (Phi) is 6.61. The number of methoxy groups -OCH3 is 1. The van der Waals surface area contributed by atoms with Crippen LogP contribution in [0.3, 0.4) is 0 Å². The molecule has 7 nitrogen and oxygen atoms in total. The lowest BCUT2D eigenvalue weighted by Crippen LogP contribution is -2.24. The summed E-state index contributed by atoms with van der Waals surface area (Å²) < 4.78 is 9.57. The summed E-state index contributed by atoms with van der Waals surface area (Å²) in [5.41, 5.74) is 0.986. The van der Waals surface area contributed by atoms with Gasteiger partial charge in [-0.1, -0.05) is 0 Å². The molecule has 1 heterocycles. The van der Waals surface area contributed by atoms with Crippen molar-refractivity contribution in [2.24, 2.45) is 5.92 Å². The van der Waals surface area contributed by atoms with Crippen LogP contribution in [0.25, 0.3) is 0 Å². The minimum absolute atomic E-state index is 0.0673. The fourth-order valence-electron chi connectivity index (χ4n) is 3.09. The van der Waals surface area contributed by atoms with Gasteiger partial charge in [-0.05, 0) is 39.5 Å². The van der Waals surface area contributed by atoms with Gasteiger partial charge < -0.3 is 9.47 Å². The van der Waals surface area contributed by atoms with Crippen molar-refractivity contribution in [3.8, 4) is 0 Å². The first-order valence-corrected chi connectivity index (χ1v) is 8.56. The molecule has 0 saturated heterocycles. The molecule has 0 N–H and O–H groups in total. The summed E-state index contributed by atoms with van der Waals surface area (Å²) in [4.78, 5) is 44.0. The van der Waals surface area contributed by atoms with Gasteiger partial charge >= 0.3 is 11.9 Å². The molecule has 0 radical (unpaired) electrons. The predicted octanol–water partition coefficient (Wildman–Crippen LogP) is 2.37. The van der Waals surface area contributed by atoms with Crippen molar-refractivity contribution in [1.82, 2.24) is 9.97 Å². The van der Waals surface area contributed by atoms with E-state index in [0.29, 0.717) is 36.5 Å². The van der Waals surface area contributed by atoms with E-state index in [-0.39, 0.29) is 24.0 Å². The molecule has 136 valence electrons. The van der Waals surface area contributed by atoms with Crippen molar-refractivity contribution in [1.29, 1.82) is 0 Å². The number of Topliss-reactive ketones (excluding diaryl/α,β-unsaturated/α-hetero) is 1. The Hall–Kier alpha value is -2.31. The van der Waals surface area contributed by atoms with Crippen LogP contribution < -0.4 is 0 Å². The van der Waals surface area contributed by atoms with Gasteiger partial charge in [-0.3, -0.25) is 9.59 Å². The van der Waals surface area contributed by atoms with E-state index in [9.17, 15) is 14.4 Å². The van der Waals surface area contributed by atoms with Crippen LogP contribution in [0.5, 0.6) is 0 Å². The zero-order valence-electron chi connectivity index (χ0n) is 14.9. The average molecular weight is 348 g/mol. The minimum Gasteiger partial charge on any atom is -0.469 e. The molecule has 0 aromatic carbocycles. The molecule has 1 saturated carbocycles. The Morgan fingerprint density at radius 2 is 1.88 bits per heavy atom. The summed E-state index contributed by atoms with van der Waals surface area (Å²) in [5, 5.41) is 0. The lowest BCUT2D eigenvalue weighted by molar-refractivity contribution is -0.144. The molecule has 0 aliphatic heterocycles. The molecule has 0 atom stereocenters. The van der Waals surface area contributed by atoms with Gasteiger partial charge in [0.25, 0.3) is 0 Å². The molecule has 0 amide bonds. The fourth-order valence-corrected chi connectivity index (χ4v) is 3.09. The number of carbonyl (C=O) groups excluding carboxylic acids is 3. The normalized spacial score (nSPS) is 20.0. The maximum atomic E-state index is 12.1.